The summed E-state index contributed by atoms with van der Waals surface area (Å²) < 4.78 is 27.6. The minimum Gasteiger partial charge on any atom is -0.530 e. The van der Waals surface area contributed by atoms with Gasteiger partial charge in [0.1, 0.15) is 11.7 Å². The van der Waals surface area contributed by atoms with Crippen LogP contribution in [0, 0.1) is 0 Å². The number of nitrogens with one attached hydrogen (secondary N) is 2. The van der Waals surface area contributed by atoms with Gasteiger partial charge in [0, 0.05) is 30.2 Å². The lowest BCUT2D eigenvalue weighted by molar-refractivity contribution is -0.270. The lowest BCUT2D eigenvalue weighted by atomic mass is 10.0. The molecule has 3 aromatic rings. The van der Waals surface area contributed by atoms with E-state index in [2.05, 4.69) is 14.7 Å². The fourth-order valence-corrected chi connectivity index (χ4v) is 4.27. The molecule has 2 aromatic heterocycles. The van der Waals surface area contributed by atoms with Crippen molar-refractivity contribution in [2.24, 2.45) is 0 Å². The van der Waals surface area contributed by atoms with Crippen molar-refractivity contribution < 1.29 is 23.1 Å². The van der Waals surface area contributed by atoms with Crippen molar-refractivity contribution in [1.82, 2.24) is 19.6 Å². The van der Waals surface area contributed by atoms with Crippen LogP contribution in [0.15, 0.2) is 47.5 Å². The number of hydrogen-bond donors (Lipinski definition) is 2. The number of pyridine rings is 1. The highest BCUT2D eigenvalue weighted by Crippen LogP contribution is 2.28. The molecule has 0 fully saturated rings. The Morgan fingerprint density at radius 3 is 2.48 bits per heavy atom. The number of carbonyl (C=O) groups is 2. The van der Waals surface area contributed by atoms with Gasteiger partial charge >= 0.3 is 0 Å². The van der Waals surface area contributed by atoms with Crippen LogP contribution in [0.2, 0.25) is 0 Å². The van der Waals surface area contributed by atoms with E-state index in [1.165, 1.54) is 12.1 Å². The molecule has 0 spiro atoms. The third-order valence-corrected chi connectivity index (χ3v) is 6.29. The van der Waals surface area contributed by atoms with Gasteiger partial charge in [-0.05, 0) is 56.2 Å². The van der Waals surface area contributed by atoms with E-state index in [1.54, 1.807) is 51.2 Å². The Balaban J connectivity index is 1.77. The van der Waals surface area contributed by atoms with Gasteiger partial charge in [-0.25, -0.2) is 18.1 Å². The Kier molecular flexibility index (Phi) is 6.14. The summed E-state index contributed by atoms with van der Waals surface area (Å²) in [6.45, 7) is 4.99. The molecular weight excluding hydrogens is 420 g/mol. The van der Waals surface area contributed by atoms with Crippen LogP contribution >= 0.6 is 0 Å². The molecule has 0 bridgehead atoms. The summed E-state index contributed by atoms with van der Waals surface area (Å²) in [5.74, 6) is 0. The maximum absolute atomic E-state index is 12.6. The summed E-state index contributed by atoms with van der Waals surface area (Å²) >= 11 is 0. The van der Waals surface area contributed by atoms with E-state index in [9.17, 15) is 23.1 Å². The van der Waals surface area contributed by atoms with Gasteiger partial charge in [-0.3, -0.25) is 4.79 Å². The first-order chi connectivity index (χ1) is 14.5. The molecule has 164 valence electrons. The number of hydrogen-bond acceptors (Lipinski definition) is 6. The number of rotatable bonds is 7. The minimum absolute atomic E-state index is 0.0370. The van der Waals surface area contributed by atoms with Gasteiger partial charge in [-0.15, -0.1) is 0 Å². The third kappa shape index (κ3) is 4.92. The number of amides is 1. The average Bonchev–Trinajstić information content (AvgIpc) is 3.13. The summed E-state index contributed by atoms with van der Waals surface area (Å²) in [5, 5.41) is 12.0. The van der Waals surface area contributed by atoms with E-state index in [1.807, 2.05) is 0 Å². The Labute approximate surface area is 180 Å². The number of fused-ring (bicyclic) bond motifs is 1. The number of aldehydes is 1. The van der Waals surface area contributed by atoms with Gasteiger partial charge in [-0.2, -0.15) is 0 Å². The fourth-order valence-electron chi connectivity index (χ4n) is 3.25. The number of nitrogens with zero attached hydrogens (tertiary/aromatic N) is 2. The zero-order valence-corrected chi connectivity index (χ0v) is 18.2. The molecule has 2 N–H and O–H groups in total. The zero-order chi connectivity index (χ0) is 22.8. The first-order valence-electron chi connectivity index (χ1n) is 9.54. The Bertz CT molecular complexity index is 1210. The highest BCUT2D eigenvalue weighted by atomic mass is 32.2. The SMILES string of the molecule is CC(C)(C)N(CCNS(=O)(=O)c1ccc(-c2ccnc3[nH]c(C=O)cc23)cc1)C(=O)[O-]. The maximum atomic E-state index is 12.6. The summed E-state index contributed by atoms with van der Waals surface area (Å²) in [4.78, 5) is 30.5. The van der Waals surface area contributed by atoms with Crippen LogP contribution in [0.3, 0.4) is 0 Å². The summed E-state index contributed by atoms with van der Waals surface area (Å²) in [5.41, 5.74) is 1.83. The third-order valence-electron chi connectivity index (χ3n) is 4.81. The molecule has 0 unspecified atom stereocenters. The lowest BCUT2D eigenvalue weighted by Crippen LogP contribution is -2.53. The summed E-state index contributed by atoms with van der Waals surface area (Å²) in [7, 11) is -3.82. The first kappa shape index (κ1) is 22.4. The minimum atomic E-state index is -3.82. The predicted molar refractivity (Wildman–Crippen MR) is 114 cm³/mol. The summed E-state index contributed by atoms with van der Waals surface area (Å²) in [6, 6.07) is 9.75. The molecule has 0 saturated heterocycles. The zero-order valence-electron chi connectivity index (χ0n) is 17.4. The second kappa shape index (κ2) is 8.48. The van der Waals surface area contributed by atoms with Gasteiger partial charge in [-0.1, -0.05) is 12.1 Å². The molecule has 3 rings (SSSR count). The van der Waals surface area contributed by atoms with Gasteiger partial charge < -0.3 is 19.8 Å². The molecule has 1 aromatic carbocycles. The predicted octanol–water partition coefficient (Wildman–Crippen LogP) is 1.76. The van der Waals surface area contributed by atoms with E-state index < -0.39 is 21.7 Å². The number of aromatic amines is 1. The van der Waals surface area contributed by atoms with Crippen molar-refractivity contribution in [2.45, 2.75) is 31.2 Å². The highest BCUT2D eigenvalue weighted by molar-refractivity contribution is 7.89. The van der Waals surface area contributed by atoms with Crippen molar-refractivity contribution in [3.63, 3.8) is 0 Å². The van der Waals surface area contributed by atoms with Crippen molar-refractivity contribution >= 4 is 33.4 Å². The summed E-state index contributed by atoms with van der Waals surface area (Å²) in [6.07, 6.45) is 0.948. The maximum Gasteiger partial charge on any atom is 0.240 e. The molecule has 2 heterocycles. The van der Waals surface area contributed by atoms with Crippen LogP contribution in [0.25, 0.3) is 22.2 Å². The van der Waals surface area contributed by atoms with Gasteiger partial charge in [0.15, 0.2) is 6.29 Å². The normalized spacial score (nSPS) is 12.1. The van der Waals surface area contributed by atoms with E-state index in [-0.39, 0.29) is 18.0 Å². The molecular formula is C21H23N4O5S-. The van der Waals surface area contributed by atoms with Crippen molar-refractivity contribution in [1.29, 1.82) is 0 Å². The highest BCUT2D eigenvalue weighted by Gasteiger charge is 2.22. The van der Waals surface area contributed by atoms with Crippen molar-refractivity contribution in [3.05, 3.63) is 48.3 Å². The van der Waals surface area contributed by atoms with Crippen LogP contribution < -0.4 is 9.83 Å². The monoisotopic (exact) mass is 443 g/mol. The second-order valence-corrected chi connectivity index (χ2v) is 9.74. The molecule has 0 aliphatic heterocycles. The smallest absolute Gasteiger partial charge is 0.240 e. The number of carboxylic acid groups (broad SMARTS) is 1. The van der Waals surface area contributed by atoms with Crippen LogP contribution in [0.5, 0.6) is 0 Å². The lowest BCUT2D eigenvalue weighted by Gasteiger charge is -2.37. The van der Waals surface area contributed by atoms with E-state index >= 15 is 0 Å². The Hall–Kier alpha value is -3.24. The van der Waals surface area contributed by atoms with Crippen LogP contribution in [0.4, 0.5) is 4.79 Å². The van der Waals surface area contributed by atoms with E-state index in [0.29, 0.717) is 17.6 Å². The molecule has 0 radical (unpaired) electrons. The number of aromatic nitrogens is 2. The van der Waals surface area contributed by atoms with Crippen LogP contribution in [0.1, 0.15) is 31.3 Å². The fraction of sp³-hybridized carbons (Fsp3) is 0.286. The van der Waals surface area contributed by atoms with Gasteiger partial charge in [0.05, 0.1) is 10.6 Å². The number of carbonyl (C=O) groups excluding carboxylic acids is 2. The van der Waals surface area contributed by atoms with Gasteiger partial charge in [0.25, 0.3) is 0 Å². The Morgan fingerprint density at radius 1 is 1.23 bits per heavy atom. The molecule has 0 aliphatic rings. The second-order valence-electron chi connectivity index (χ2n) is 7.97. The Morgan fingerprint density at radius 2 is 1.90 bits per heavy atom. The number of H-pyrrole nitrogens is 1. The topological polar surface area (TPSA) is 135 Å². The van der Waals surface area contributed by atoms with Crippen LogP contribution in [-0.4, -0.2) is 54.3 Å². The average molecular weight is 444 g/mol. The standard InChI is InChI=1S/C21H24N4O5S/c1-21(2,3)25(20(27)28)11-10-23-31(29,30)16-6-4-14(5-7-16)17-8-9-22-19-18(17)12-15(13-26)24-19/h4-9,12-13,23H,10-11H2,1-3H3,(H,22,24)(H,27,28)/p-1. The van der Waals surface area contributed by atoms with Gasteiger partial charge in [0.2, 0.25) is 10.0 Å². The molecule has 0 saturated carbocycles. The number of benzene rings is 1. The molecule has 0 aliphatic carbocycles. The molecule has 31 heavy (non-hydrogen) atoms. The van der Waals surface area contributed by atoms with Crippen molar-refractivity contribution in [3.8, 4) is 11.1 Å². The molecule has 1 amide bonds. The largest absolute Gasteiger partial charge is 0.530 e. The van der Waals surface area contributed by atoms with E-state index in [0.717, 1.165) is 21.4 Å². The quantitative estimate of drug-likeness (QED) is 0.534. The molecule has 10 heteroatoms. The van der Waals surface area contributed by atoms with Crippen molar-refractivity contribution in [2.75, 3.05) is 13.1 Å². The molecule has 0 atom stereocenters. The first-order valence-corrected chi connectivity index (χ1v) is 11.0. The number of sulfonamides is 1. The molecule has 9 nitrogen and oxygen atoms in total. The van der Waals surface area contributed by atoms with E-state index in [4.69, 9.17) is 0 Å². The van der Waals surface area contributed by atoms with Crippen LogP contribution in [-0.2, 0) is 10.0 Å².